The Bertz CT molecular complexity index is 1930. The zero-order valence-corrected chi connectivity index (χ0v) is 28.0. The van der Waals surface area contributed by atoms with Crippen molar-refractivity contribution >= 4 is 23.7 Å². The van der Waals surface area contributed by atoms with Crippen molar-refractivity contribution in [1.29, 1.82) is 0 Å². The molecule has 2 atom stereocenters. The number of carboxylic acids is 1. The average Bonchev–Trinajstić information content (AvgIpc) is 3.83. The lowest BCUT2D eigenvalue weighted by Crippen LogP contribution is -2.49. The van der Waals surface area contributed by atoms with Crippen LogP contribution >= 0.6 is 0 Å². The van der Waals surface area contributed by atoms with Gasteiger partial charge in [-0.15, -0.1) is 10.2 Å². The summed E-state index contributed by atoms with van der Waals surface area (Å²) in [5, 5.41) is 38.4. The van der Waals surface area contributed by atoms with E-state index < -0.39 is 42.1 Å². The summed E-state index contributed by atoms with van der Waals surface area (Å²) in [6.07, 6.45) is 3.66. The van der Waals surface area contributed by atoms with E-state index in [0.717, 1.165) is 53.0 Å². The molecule has 0 aliphatic heterocycles. The van der Waals surface area contributed by atoms with Crippen LogP contribution in [-0.4, -0.2) is 70.2 Å². The van der Waals surface area contributed by atoms with E-state index in [1.165, 1.54) is 5.48 Å². The van der Waals surface area contributed by atoms with Gasteiger partial charge in [0.25, 0.3) is 5.91 Å². The minimum atomic E-state index is -1.61. The van der Waals surface area contributed by atoms with Crippen molar-refractivity contribution in [3.05, 3.63) is 108 Å². The average molecular weight is 694 g/mol. The number of aliphatic carboxylic acids is 1. The number of nitrogens with one attached hydrogen (secondary N) is 4. The molecule has 0 bridgehead atoms. The smallest absolute Gasteiger partial charge is 0.326 e. The van der Waals surface area contributed by atoms with Crippen molar-refractivity contribution in [2.75, 3.05) is 0 Å². The van der Waals surface area contributed by atoms with E-state index in [4.69, 9.17) is 0 Å². The lowest BCUT2D eigenvalue weighted by atomic mass is 9.97. The number of amides is 3. The van der Waals surface area contributed by atoms with Gasteiger partial charge in [-0.1, -0.05) is 92.2 Å². The minimum Gasteiger partial charge on any atom is -0.480 e. The third-order valence-corrected chi connectivity index (χ3v) is 8.39. The lowest BCUT2D eigenvalue weighted by molar-refractivity contribution is -0.147. The molecule has 3 aromatic carbocycles. The predicted molar refractivity (Wildman–Crippen MR) is 185 cm³/mol. The molecule has 3 amide bonds. The Morgan fingerprint density at radius 2 is 1.63 bits per heavy atom. The predicted octanol–water partition coefficient (Wildman–Crippen LogP) is 3.06. The van der Waals surface area contributed by atoms with E-state index >= 15 is 0 Å². The number of aromatic nitrogens is 6. The molecule has 0 saturated carbocycles. The van der Waals surface area contributed by atoms with E-state index in [2.05, 4.69) is 43.2 Å². The van der Waals surface area contributed by atoms with E-state index in [1.807, 2.05) is 53.1 Å². The zero-order chi connectivity index (χ0) is 36.2. The summed E-state index contributed by atoms with van der Waals surface area (Å²) < 4.78 is 2.04. The van der Waals surface area contributed by atoms with E-state index in [0.29, 0.717) is 17.9 Å². The van der Waals surface area contributed by atoms with Crippen LogP contribution in [0.5, 0.6) is 0 Å². The van der Waals surface area contributed by atoms with Gasteiger partial charge in [-0.25, -0.2) is 15.3 Å². The summed E-state index contributed by atoms with van der Waals surface area (Å²) in [5.41, 5.74) is 6.60. The Hall–Kier alpha value is -6.22. The molecule has 6 N–H and O–H groups in total. The summed E-state index contributed by atoms with van der Waals surface area (Å²) >= 11 is 0. The fraction of sp³-hybridized carbons (Fsp3) is 0.278. The number of carboxylic acid groups (broad SMARTS) is 1. The maximum Gasteiger partial charge on any atom is 0.326 e. The normalized spacial score (nSPS) is 12.1. The van der Waals surface area contributed by atoms with Crippen molar-refractivity contribution in [3.63, 3.8) is 0 Å². The van der Waals surface area contributed by atoms with Gasteiger partial charge in [0.15, 0.2) is 0 Å². The third-order valence-electron chi connectivity index (χ3n) is 8.39. The lowest BCUT2D eigenvalue weighted by Gasteiger charge is -2.19. The third kappa shape index (κ3) is 9.48. The highest BCUT2D eigenvalue weighted by Gasteiger charge is 2.31. The van der Waals surface area contributed by atoms with Crippen molar-refractivity contribution in [2.24, 2.45) is 5.92 Å². The summed E-state index contributed by atoms with van der Waals surface area (Å²) in [6.45, 7) is 2.65. The van der Waals surface area contributed by atoms with Crippen LogP contribution in [0.3, 0.4) is 0 Å². The first-order valence-electron chi connectivity index (χ1n) is 16.5. The van der Waals surface area contributed by atoms with Crippen LogP contribution in [-0.2, 0) is 45.1 Å². The van der Waals surface area contributed by atoms with Gasteiger partial charge >= 0.3 is 5.97 Å². The van der Waals surface area contributed by atoms with Crippen LogP contribution in [0.2, 0.25) is 0 Å². The highest BCUT2D eigenvalue weighted by Crippen LogP contribution is 2.30. The van der Waals surface area contributed by atoms with Gasteiger partial charge < -0.3 is 20.3 Å². The molecule has 2 aromatic heterocycles. The Balaban J connectivity index is 1.25. The quantitative estimate of drug-likeness (QED) is 0.0475. The van der Waals surface area contributed by atoms with Gasteiger partial charge in [0.2, 0.25) is 17.6 Å². The number of hydrogen-bond donors (Lipinski definition) is 6. The number of nitrogens with zero attached hydrogens (tertiary/aromatic N) is 5. The highest BCUT2D eigenvalue weighted by atomic mass is 16.5. The number of unbranched alkanes of at least 4 members (excludes halogenated alkanes) is 1. The van der Waals surface area contributed by atoms with Crippen molar-refractivity contribution in [2.45, 2.75) is 58.2 Å². The molecule has 264 valence electrons. The second kappa shape index (κ2) is 17.4. The minimum absolute atomic E-state index is 0.0674. The number of rotatable bonds is 17. The SMILES string of the molecule is CCCCc1ncc(CNC(=O)CC(NC(=O)[C@H](Cc2ccccc2)C(=O)NO)C(=O)O)n1Cc1ccc(-c2ccccc2-c2nn[nH]n2)cc1. The number of H-pyrrole nitrogens is 1. The first-order valence-corrected chi connectivity index (χ1v) is 16.5. The molecular formula is C36H39N9O6. The van der Waals surface area contributed by atoms with Gasteiger partial charge in [-0.05, 0) is 40.3 Å². The molecule has 51 heavy (non-hydrogen) atoms. The van der Waals surface area contributed by atoms with Crippen molar-refractivity contribution < 1.29 is 29.5 Å². The van der Waals surface area contributed by atoms with Crippen LogP contribution in [0.25, 0.3) is 22.5 Å². The molecule has 15 heteroatoms. The number of carbonyl (C=O) groups is 4. The topological polar surface area (TPSA) is 217 Å². The summed E-state index contributed by atoms with van der Waals surface area (Å²) in [7, 11) is 0. The number of benzene rings is 3. The first-order chi connectivity index (χ1) is 24.8. The number of carbonyl (C=O) groups excluding carboxylic acids is 3. The maximum atomic E-state index is 13.0. The number of hydrogen-bond acceptors (Lipinski definition) is 9. The first kappa shape index (κ1) is 36.1. The molecule has 0 aliphatic carbocycles. The zero-order valence-electron chi connectivity index (χ0n) is 28.0. The summed E-state index contributed by atoms with van der Waals surface area (Å²) in [6, 6.07) is 22.9. The second-order valence-electron chi connectivity index (χ2n) is 11.9. The van der Waals surface area contributed by atoms with E-state index in [-0.39, 0.29) is 13.0 Å². The highest BCUT2D eigenvalue weighted by molar-refractivity contribution is 6.01. The molecule has 5 rings (SSSR count). The second-order valence-corrected chi connectivity index (χ2v) is 11.9. The molecule has 2 heterocycles. The molecule has 0 radical (unpaired) electrons. The molecule has 0 aliphatic rings. The fourth-order valence-corrected chi connectivity index (χ4v) is 5.65. The number of tetrazole rings is 1. The maximum absolute atomic E-state index is 13.0. The monoisotopic (exact) mass is 693 g/mol. The fourth-order valence-electron chi connectivity index (χ4n) is 5.65. The Morgan fingerprint density at radius 3 is 2.29 bits per heavy atom. The van der Waals surface area contributed by atoms with Gasteiger partial charge in [-0.2, -0.15) is 5.21 Å². The number of aromatic amines is 1. The molecule has 0 saturated heterocycles. The Labute approximate surface area is 293 Å². The molecule has 0 spiro atoms. The van der Waals surface area contributed by atoms with Gasteiger partial charge in [0, 0.05) is 18.5 Å². The molecule has 0 fully saturated rings. The number of imidazole rings is 1. The van der Waals surface area contributed by atoms with Crippen LogP contribution < -0.4 is 16.1 Å². The van der Waals surface area contributed by atoms with Gasteiger partial charge in [-0.3, -0.25) is 19.6 Å². The number of aryl methyl sites for hydroxylation is 1. The van der Waals surface area contributed by atoms with Crippen LogP contribution in [0, 0.1) is 5.92 Å². The Morgan fingerprint density at radius 1 is 0.902 bits per heavy atom. The molecule has 15 nitrogen and oxygen atoms in total. The van der Waals surface area contributed by atoms with Crippen LogP contribution in [0.4, 0.5) is 0 Å². The molecule has 1 unspecified atom stereocenters. The van der Waals surface area contributed by atoms with E-state index in [1.54, 1.807) is 36.5 Å². The largest absolute Gasteiger partial charge is 0.480 e. The summed E-state index contributed by atoms with van der Waals surface area (Å²) in [4.78, 5) is 55.0. The standard InChI is InChI=1S/C36H39N9O6/c1-2-3-13-31-37-20-26(45(31)22-24-14-16-25(17-15-24)27-11-7-8-12-28(27)33-40-43-44-41-33)21-38-32(46)19-30(36(49)50)39-34(47)29(35(48)42-51)18-23-9-5-4-6-10-23/h4-12,14-17,20,29-30,51H,2-3,13,18-19,21-22H2,1H3,(H,38,46)(H,39,47)(H,42,48)(H,49,50)(H,40,41,43,44)/t29-,30?/m0/s1. The van der Waals surface area contributed by atoms with Gasteiger partial charge in [0.05, 0.1) is 24.9 Å². The molecular weight excluding hydrogens is 654 g/mol. The number of hydroxylamine groups is 1. The van der Waals surface area contributed by atoms with Crippen molar-refractivity contribution in [1.82, 2.24) is 46.3 Å². The Kier molecular flexibility index (Phi) is 12.3. The molecule has 5 aromatic rings. The van der Waals surface area contributed by atoms with Crippen LogP contribution in [0.1, 0.15) is 48.8 Å². The van der Waals surface area contributed by atoms with E-state index in [9.17, 15) is 29.5 Å². The van der Waals surface area contributed by atoms with Gasteiger partial charge in [0.1, 0.15) is 17.8 Å². The van der Waals surface area contributed by atoms with Crippen molar-refractivity contribution in [3.8, 4) is 22.5 Å². The summed E-state index contributed by atoms with van der Waals surface area (Å²) in [5.74, 6) is -4.08. The van der Waals surface area contributed by atoms with Crippen LogP contribution in [0.15, 0.2) is 85.1 Å².